The summed E-state index contributed by atoms with van der Waals surface area (Å²) >= 11 is 0. The third-order valence-electron chi connectivity index (χ3n) is 3.32. The summed E-state index contributed by atoms with van der Waals surface area (Å²) in [6.45, 7) is 2.21. The number of nitrogens with zero attached hydrogens (tertiary/aromatic N) is 2. The van der Waals surface area contributed by atoms with E-state index >= 15 is 0 Å². The third kappa shape index (κ3) is 3.43. The first-order valence-corrected chi connectivity index (χ1v) is 6.67. The van der Waals surface area contributed by atoms with Gasteiger partial charge in [-0.05, 0) is 38.3 Å². The Balaban J connectivity index is 1.88. The van der Waals surface area contributed by atoms with Crippen molar-refractivity contribution >= 4 is 17.7 Å². The maximum Gasteiger partial charge on any atom is 0.308 e. The normalized spacial score (nSPS) is 21.4. The van der Waals surface area contributed by atoms with E-state index in [-0.39, 0.29) is 23.6 Å². The van der Waals surface area contributed by atoms with Crippen LogP contribution in [0.3, 0.4) is 0 Å². The van der Waals surface area contributed by atoms with E-state index in [1.54, 1.807) is 13.0 Å². The van der Waals surface area contributed by atoms with Crippen LogP contribution >= 0.6 is 0 Å². The standard InChI is InChI=1S/C13H18N4O3/c1-2-20-13(19)8-3-4-9(7-8)15-11-6-5-10(12(14)18)16-17-11/h5-6,8-9H,2-4,7H2,1H3,(H2,14,18)(H,15,17)/t8-,9-/m0/s1. The lowest BCUT2D eigenvalue weighted by atomic mass is 10.1. The number of ether oxygens (including phenoxy) is 1. The quantitative estimate of drug-likeness (QED) is 0.768. The number of amides is 1. The van der Waals surface area contributed by atoms with Gasteiger partial charge in [-0.3, -0.25) is 9.59 Å². The van der Waals surface area contributed by atoms with E-state index in [0.717, 1.165) is 19.3 Å². The minimum Gasteiger partial charge on any atom is -0.466 e. The SMILES string of the molecule is CCOC(=O)[C@H]1CC[C@H](Nc2ccc(C(N)=O)nn2)C1. The number of hydrogen-bond acceptors (Lipinski definition) is 6. The average molecular weight is 278 g/mol. The third-order valence-corrected chi connectivity index (χ3v) is 3.32. The van der Waals surface area contributed by atoms with Crippen molar-refractivity contribution in [3.05, 3.63) is 17.8 Å². The summed E-state index contributed by atoms with van der Waals surface area (Å²) in [5.41, 5.74) is 5.23. The smallest absolute Gasteiger partial charge is 0.308 e. The molecule has 1 aliphatic rings. The van der Waals surface area contributed by atoms with Crippen LogP contribution in [-0.4, -0.2) is 34.7 Å². The highest BCUT2D eigenvalue weighted by Crippen LogP contribution is 2.28. The molecule has 1 aromatic heterocycles. The molecule has 0 unspecified atom stereocenters. The molecule has 3 N–H and O–H groups in total. The Morgan fingerprint density at radius 2 is 2.20 bits per heavy atom. The molecule has 0 spiro atoms. The molecule has 1 heterocycles. The first-order chi connectivity index (χ1) is 9.60. The molecule has 20 heavy (non-hydrogen) atoms. The van der Waals surface area contributed by atoms with Crippen molar-refractivity contribution in [3.63, 3.8) is 0 Å². The van der Waals surface area contributed by atoms with Gasteiger partial charge in [0.05, 0.1) is 12.5 Å². The molecule has 1 fully saturated rings. The van der Waals surface area contributed by atoms with Crippen molar-refractivity contribution in [3.8, 4) is 0 Å². The second-order valence-electron chi connectivity index (χ2n) is 4.77. The number of rotatable bonds is 5. The van der Waals surface area contributed by atoms with Gasteiger partial charge in [0, 0.05) is 6.04 Å². The van der Waals surface area contributed by atoms with Crippen LogP contribution in [0.25, 0.3) is 0 Å². The van der Waals surface area contributed by atoms with Crippen molar-refractivity contribution in [1.29, 1.82) is 0 Å². The van der Waals surface area contributed by atoms with Gasteiger partial charge >= 0.3 is 5.97 Å². The average Bonchev–Trinajstić information content (AvgIpc) is 2.88. The number of anilines is 1. The number of nitrogens with one attached hydrogen (secondary N) is 1. The molecule has 7 nitrogen and oxygen atoms in total. The predicted molar refractivity (Wildman–Crippen MR) is 71.9 cm³/mol. The Hall–Kier alpha value is -2.18. The second kappa shape index (κ2) is 6.31. The van der Waals surface area contributed by atoms with E-state index in [1.165, 1.54) is 6.07 Å². The van der Waals surface area contributed by atoms with Crippen LogP contribution in [0.1, 0.15) is 36.7 Å². The van der Waals surface area contributed by atoms with Crippen molar-refractivity contribution in [2.45, 2.75) is 32.2 Å². The zero-order valence-electron chi connectivity index (χ0n) is 11.3. The van der Waals surface area contributed by atoms with Crippen molar-refractivity contribution in [2.24, 2.45) is 11.7 Å². The summed E-state index contributed by atoms with van der Waals surface area (Å²) in [4.78, 5) is 22.5. The van der Waals surface area contributed by atoms with Crippen molar-refractivity contribution in [2.75, 3.05) is 11.9 Å². The zero-order valence-corrected chi connectivity index (χ0v) is 11.3. The highest BCUT2D eigenvalue weighted by Gasteiger charge is 2.31. The number of primary amides is 1. The van der Waals surface area contributed by atoms with E-state index in [0.29, 0.717) is 12.4 Å². The van der Waals surface area contributed by atoms with Gasteiger partial charge in [0.1, 0.15) is 5.82 Å². The fraction of sp³-hybridized carbons (Fsp3) is 0.538. The summed E-state index contributed by atoms with van der Waals surface area (Å²) < 4.78 is 5.02. The zero-order chi connectivity index (χ0) is 14.5. The molecular formula is C13H18N4O3. The van der Waals surface area contributed by atoms with Gasteiger partial charge in [0.25, 0.3) is 5.91 Å². The van der Waals surface area contributed by atoms with Crippen molar-refractivity contribution < 1.29 is 14.3 Å². The number of nitrogens with two attached hydrogens (primary N) is 1. The van der Waals surface area contributed by atoms with Gasteiger partial charge < -0.3 is 15.8 Å². The van der Waals surface area contributed by atoms with Crippen LogP contribution in [0.4, 0.5) is 5.82 Å². The number of aromatic nitrogens is 2. The number of esters is 1. The van der Waals surface area contributed by atoms with Gasteiger partial charge in [-0.25, -0.2) is 0 Å². The number of hydrogen-bond donors (Lipinski definition) is 2. The monoisotopic (exact) mass is 278 g/mol. The Labute approximate surface area is 116 Å². The number of carbonyl (C=O) groups is 2. The first kappa shape index (κ1) is 14.2. The molecular weight excluding hydrogens is 260 g/mol. The van der Waals surface area contributed by atoms with E-state index < -0.39 is 5.91 Å². The lowest BCUT2D eigenvalue weighted by molar-refractivity contribution is -0.147. The summed E-state index contributed by atoms with van der Waals surface area (Å²) in [7, 11) is 0. The van der Waals surface area contributed by atoms with Gasteiger partial charge in [0.2, 0.25) is 0 Å². The lowest BCUT2D eigenvalue weighted by Gasteiger charge is -2.13. The molecule has 1 aliphatic carbocycles. The van der Waals surface area contributed by atoms with Crippen LogP contribution in [-0.2, 0) is 9.53 Å². The lowest BCUT2D eigenvalue weighted by Crippen LogP contribution is -2.21. The molecule has 2 rings (SSSR count). The molecule has 1 aromatic rings. The van der Waals surface area contributed by atoms with Gasteiger partial charge in [-0.15, -0.1) is 10.2 Å². The van der Waals surface area contributed by atoms with Crippen LogP contribution in [0, 0.1) is 5.92 Å². The summed E-state index contributed by atoms with van der Waals surface area (Å²) in [6, 6.07) is 3.35. The molecule has 0 saturated heterocycles. The van der Waals surface area contributed by atoms with Gasteiger partial charge in [0.15, 0.2) is 5.69 Å². The van der Waals surface area contributed by atoms with Crippen molar-refractivity contribution in [1.82, 2.24) is 10.2 Å². The van der Waals surface area contributed by atoms with Crippen LogP contribution in [0.15, 0.2) is 12.1 Å². The molecule has 0 bridgehead atoms. The van der Waals surface area contributed by atoms with Crippen LogP contribution < -0.4 is 11.1 Å². The fourth-order valence-corrected chi connectivity index (χ4v) is 2.34. The van der Waals surface area contributed by atoms with Crippen LogP contribution in [0.5, 0.6) is 0 Å². The summed E-state index contributed by atoms with van der Waals surface area (Å²) in [5, 5.41) is 10.8. The molecule has 7 heteroatoms. The van der Waals surface area contributed by atoms with E-state index in [4.69, 9.17) is 10.5 Å². The van der Waals surface area contributed by atoms with E-state index in [9.17, 15) is 9.59 Å². The highest BCUT2D eigenvalue weighted by atomic mass is 16.5. The largest absolute Gasteiger partial charge is 0.466 e. The molecule has 108 valence electrons. The Bertz CT molecular complexity index is 489. The maximum absolute atomic E-state index is 11.6. The Kier molecular flexibility index (Phi) is 4.49. The molecule has 0 aromatic carbocycles. The Morgan fingerprint density at radius 1 is 1.40 bits per heavy atom. The number of carbonyl (C=O) groups excluding carboxylic acids is 2. The minimum atomic E-state index is -0.604. The minimum absolute atomic E-state index is 0.0506. The van der Waals surface area contributed by atoms with E-state index in [1.807, 2.05) is 0 Å². The summed E-state index contributed by atoms with van der Waals surface area (Å²) in [5.74, 6) is -0.214. The summed E-state index contributed by atoms with van der Waals surface area (Å²) in [6.07, 6.45) is 2.41. The second-order valence-corrected chi connectivity index (χ2v) is 4.77. The van der Waals surface area contributed by atoms with E-state index in [2.05, 4.69) is 15.5 Å². The predicted octanol–water partition coefficient (Wildman–Crippen LogP) is 0.719. The van der Waals surface area contributed by atoms with Gasteiger partial charge in [-0.1, -0.05) is 0 Å². The molecule has 1 amide bonds. The molecule has 0 radical (unpaired) electrons. The Morgan fingerprint density at radius 3 is 2.80 bits per heavy atom. The molecule has 1 saturated carbocycles. The van der Waals surface area contributed by atoms with Gasteiger partial charge in [-0.2, -0.15) is 0 Å². The molecule has 0 aliphatic heterocycles. The maximum atomic E-state index is 11.6. The fourth-order valence-electron chi connectivity index (χ4n) is 2.34. The first-order valence-electron chi connectivity index (χ1n) is 6.67. The molecule has 2 atom stereocenters. The topological polar surface area (TPSA) is 107 Å². The van der Waals surface area contributed by atoms with Crippen LogP contribution in [0.2, 0.25) is 0 Å². The highest BCUT2D eigenvalue weighted by molar-refractivity contribution is 5.90.